The molecule has 0 saturated carbocycles. The van der Waals surface area contributed by atoms with Gasteiger partial charge in [0.05, 0.1) is 0 Å². The third-order valence-corrected chi connectivity index (χ3v) is 3.76. The Morgan fingerprint density at radius 2 is 2.05 bits per heavy atom. The van der Waals surface area contributed by atoms with E-state index in [1.807, 2.05) is 0 Å². The number of benzene rings is 1. The van der Waals surface area contributed by atoms with Crippen LogP contribution in [-0.2, 0) is 16.1 Å². The van der Waals surface area contributed by atoms with Gasteiger partial charge in [-0.2, -0.15) is 0 Å². The van der Waals surface area contributed by atoms with Gasteiger partial charge in [-0.15, -0.1) is 0 Å². The zero-order chi connectivity index (χ0) is 13.8. The van der Waals surface area contributed by atoms with Crippen molar-refractivity contribution in [2.45, 2.75) is 31.8 Å². The van der Waals surface area contributed by atoms with E-state index in [0.29, 0.717) is 28.5 Å². The summed E-state index contributed by atoms with van der Waals surface area (Å²) >= 11 is 12.0. The lowest BCUT2D eigenvalue weighted by Gasteiger charge is -2.22. The zero-order valence-corrected chi connectivity index (χ0v) is 11.7. The summed E-state index contributed by atoms with van der Waals surface area (Å²) in [6, 6.07) is 4.73. The monoisotopic (exact) mass is 300 g/mol. The largest absolute Gasteiger partial charge is 0.350 e. The quantitative estimate of drug-likeness (QED) is 0.900. The fraction of sp³-hybridized carbons (Fsp3) is 0.385. The molecule has 1 saturated heterocycles. The van der Waals surface area contributed by atoms with E-state index in [1.54, 1.807) is 18.2 Å². The molecule has 0 aliphatic carbocycles. The van der Waals surface area contributed by atoms with Crippen LogP contribution in [0.15, 0.2) is 18.2 Å². The first-order chi connectivity index (χ1) is 9.08. The maximum absolute atomic E-state index is 11.9. The van der Waals surface area contributed by atoms with Crippen LogP contribution in [0.5, 0.6) is 0 Å². The number of hydrogen-bond acceptors (Lipinski definition) is 2. The molecule has 2 amide bonds. The van der Waals surface area contributed by atoms with Crippen molar-refractivity contribution < 1.29 is 9.59 Å². The molecule has 102 valence electrons. The highest BCUT2D eigenvalue weighted by Crippen LogP contribution is 2.23. The number of carbonyl (C=O) groups is 2. The van der Waals surface area contributed by atoms with Crippen LogP contribution in [0.4, 0.5) is 0 Å². The van der Waals surface area contributed by atoms with Crippen molar-refractivity contribution in [3.8, 4) is 0 Å². The Hall–Kier alpha value is -1.26. The molecule has 1 fully saturated rings. The molecular formula is C13H14Cl2N2O2. The number of halogens is 2. The van der Waals surface area contributed by atoms with Crippen molar-refractivity contribution in [2.75, 3.05) is 0 Å². The highest BCUT2D eigenvalue weighted by atomic mass is 35.5. The predicted molar refractivity (Wildman–Crippen MR) is 74.1 cm³/mol. The Morgan fingerprint density at radius 3 is 2.68 bits per heavy atom. The fourth-order valence-electron chi connectivity index (χ4n) is 2.00. The first-order valence-corrected chi connectivity index (χ1v) is 6.83. The first-order valence-electron chi connectivity index (χ1n) is 6.08. The van der Waals surface area contributed by atoms with Gasteiger partial charge in [-0.3, -0.25) is 9.59 Å². The van der Waals surface area contributed by atoms with Gasteiger partial charge in [0.2, 0.25) is 11.8 Å². The molecule has 1 aliphatic rings. The van der Waals surface area contributed by atoms with Crippen LogP contribution in [-0.4, -0.2) is 17.9 Å². The van der Waals surface area contributed by atoms with E-state index in [9.17, 15) is 9.59 Å². The summed E-state index contributed by atoms with van der Waals surface area (Å²) < 4.78 is 0. The summed E-state index contributed by atoms with van der Waals surface area (Å²) in [6.45, 7) is 0.254. The van der Waals surface area contributed by atoms with Crippen molar-refractivity contribution in [3.63, 3.8) is 0 Å². The molecule has 1 aromatic rings. The molecule has 0 radical (unpaired) electrons. The maximum Gasteiger partial charge on any atom is 0.242 e. The Labute approximate surface area is 121 Å². The second-order valence-electron chi connectivity index (χ2n) is 4.43. The number of nitrogens with one attached hydrogen (secondary N) is 2. The molecule has 2 rings (SSSR count). The van der Waals surface area contributed by atoms with Gasteiger partial charge in [-0.25, -0.2) is 0 Å². The third kappa shape index (κ3) is 3.61. The van der Waals surface area contributed by atoms with Crippen LogP contribution >= 0.6 is 23.2 Å². The topological polar surface area (TPSA) is 58.2 Å². The summed E-state index contributed by atoms with van der Waals surface area (Å²) in [4.78, 5) is 23.2. The number of rotatable bonds is 3. The summed E-state index contributed by atoms with van der Waals surface area (Å²) in [5.41, 5.74) is 0.682. The van der Waals surface area contributed by atoms with Crippen LogP contribution < -0.4 is 10.6 Å². The lowest BCUT2D eigenvalue weighted by Crippen LogP contribution is -2.48. The highest BCUT2D eigenvalue weighted by molar-refractivity contribution is 6.36. The van der Waals surface area contributed by atoms with Crippen LogP contribution in [0.1, 0.15) is 24.8 Å². The fourth-order valence-corrected chi connectivity index (χ4v) is 2.53. The van der Waals surface area contributed by atoms with Crippen LogP contribution in [0, 0.1) is 0 Å². The molecule has 6 heteroatoms. The second-order valence-corrected chi connectivity index (χ2v) is 5.24. The molecule has 1 aromatic carbocycles. The summed E-state index contributed by atoms with van der Waals surface area (Å²) in [5, 5.41) is 6.44. The van der Waals surface area contributed by atoms with E-state index in [-0.39, 0.29) is 18.4 Å². The number of carbonyl (C=O) groups excluding carboxylic acids is 2. The smallest absolute Gasteiger partial charge is 0.242 e. The van der Waals surface area contributed by atoms with Gasteiger partial charge in [0.25, 0.3) is 0 Å². The average Bonchev–Trinajstić information content (AvgIpc) is 2.38. The zero-order valence-electron chi connectivity index (χ0n) is 10.2. The van der Waals surface area contributed by atoms with Gasteiger partial charge in [-0.1, -0.05) is 29.3 Å². The molecule has 0 spiro atoms. The molecule has 1 heterocycles. The SMILES string of the molecule is O=C1CCC[C@H](C(=O)NCc2c(Cl)cccc2Cl)N1. The van der Waals surface area contributed by atoms with E-state index in [0.717, 1.165) is 6.42 Å². The van der Waals surface area contributed by atoms with Gasteiger partial charge >= 0.3 is 0 Å². The molecule has 1 atom stereocenters. The Morgan fingerprint density at radius 1 is 1.37 bits per heavy atom. The van der Waals surface area contributed by atoms with Crippen LogP contribution in [0.25, 0.3) is 0 Å². The van der Waals surface area contributed by atoms with Gasteiger partial charge in [0.1, 0.15) is 6.04 Å². The number of piperidine rings is 1. The van der Waals surface area contributed by atoms with Crippen molar-refractivity contribution in [1.29, 1.82) is 0 Å². The van der Waals surface area contributed by atoms with E-state index >= 15 is 0 Å². The molecule has 2 N–H and O–H groups in total. The molecular weight excluding hydrogens is 287 g/mol. The molecule has 0 bridgehead atoms. The third-order valence-electron chi connectivity index (χ3n) is 3.05. The minimum absolute atomic E-state index is 0.0813. The van der Waals surface area contributed by atoms with Crippen molar-refractivity contribution >= 4 is 35.0 Å². The Kier molecular flexibility index (Phi) is 4.66. The van der Waals surface area contributed by atoms with Crippen LogP contribution in [0.3, 0.4) is 0 Å². The summed E-state index contributed by atoms with van der Waals surface area (Å²) in [7, 11) is 0. The van der Waals surface area contributed by atoms with Gasteiger partial charge < -0.3 is 10.6 Å². The van der Waals surface area contributed by atoms with Gasteiger partial charge in [-0.05, 0) is 25.0 Å². The van der Waals surface area contributed by atoms with Crippen LogP contribution in [0.2, 0.25) is 10.0 Å². The average molecular weight is 301 g/mol. The number of amides is 2. The first kappa shape index (κ1) is 14.2. The normalized spacial score (nSPS) is 18.8. The highest BCUT2D eigenvalue weighted by Gasteiger charge is 2.24. The predicted octanol–water partition coefficient (Wildman–Crippen LogP) is 2.28. The minimum atomic E-state index is -0.456. The molecule has 0 unspecified atom stereocenters. The van der Waals surface area contributed by atoms with E-state index in [1.165, 1.54) is 0 Å². The van der Waals surface area contributed by atoms with E-state index in [4.69, 9.17) is 23.2 Å². The van der Waals surface area contributed by atoms with Crippen molar-refractivity contribution in [1.82, 2.24) is 10.6 Å². The number of hydrogen-bond donors (Lipinski definition) is 2. The summed E-state index contributed by atoms with van der Waals surface area (Å²) in [6.07, 6.45) is 1.88. The Bertz CT molecular complexity index is 485. The van der Waals surface area contributed by atoms with Gasteiger partial charge in [0.15, 0.2) is 0 Å². The molecule has 4 nitrogen and oxygen atoms in total. The minimum Gasteiger partial charge on any atom is -0.350 e. The summed E-state index contributed by atoms with van der Waals surface area (Å²) in [5.74, 6) is -0.286. The second kappa shape index (κ2) is 6.26. The van der Waals surface area contributed by atoms with E-state index in [2.05, 4.69) is 10.6 Å². The lowest BCUT2D eigenvalue weighted by molar-refractivity contribution is -0.131. The molecule has 1 aliphatic heterocycles. The van der Waals surface area contributed by atoms with Gasteiger partial charge in [0, 0.05) is 28.6 Å². The van der Waals surface area contributed by atoms with E-state index < -0.39 is 6.04 Å². The maximum atomic E-state index is 11.9. The standard InChI is InChI=1S/C13H14Cl2N2O2/c14-9-3-1-4-10(15)8(9)7-16-13(19)11-5-2-6-12(18)17-11/h1,3-4,11H,2,5-7H2,(H,16,19)(H,17,18)/t11-/m1/s1. The molecule has 0 aromatic heterocycles. The lowest BCUT2D eigenvalue weighted by atomic mass is 10.0. The molecule has 19 heavy (non-hydrogen) atoms. The van der Waals surface area contributed by atoms with Crippen molar-refractivity contribution in [3.05, 3.63) is 33.8 Å². The van der Waals surface area contributed by atoms with Crippen molar-refractivity contribution in [2.24, 2.45) is 0 Å². The Balaban J connectivity index is 1.95.